The first-order chi connectivity index (χ1) is 13.0. The lowest BCUT2D eigenvalue weighted by atomic mass is 10.1. The first-order valence-electron chi connectivity index (χ1n) is 8.87. The van der Waals surface area contributed by atoms with Gasteiger partial charge in [-0.1, -0.05) is 23.9 Å². The molecule has 1 aliphatic rings. The fraction of sp³-hybridized carbons (Fsp3) is 0.300. The quantitative estimate of drug-likeness (QED) is 0.390. The van der Waals surface area contributed by atoms with Crippen molar-refractivity contribution >= 4 is 50.7 Å². The summed E-state index contributed by atoms with van der Waals surface area (Å²) >= 11 is 3.19. The van der Waals surface area contributed by atoms with Crippen molar-refractivity contribution in [2.75, 3.05) is 5.32 Å². The number of aryl methyl sites for hydroxylation is 2. The van der Waals surface area contributed by atoms with Gasteiger partial charge in [-0.2, -0.15) is 0 Å². The van der Waals surface area contributed by atoms with Crippen molar-refractivity contribution in [2.24, 2.45) is 0 Å². The van der Waals surface area contributed by atoms with E-state index in [0.29, 0.717) is 11.3 Å². The minimum atomic E-state index is -0.347. The van der Waals surface area contributed by atoms with Gasteiger partial charge < -0.3 is 5.32 Å². The van der Waals surface area contributed by atoms with Crippen LogP contribution in [-0.4, -0.2) is 26.9 Å². The number of carbonyl (C=O) groups is 2. The fourth-order valence-electron chi connectivity index (χ4n) is 3.34. The molecule has 0 aliphatic heterocycles. The molecule has 4 rings (SSSR count). The number of amides is 1. The predicted octanol–water partition coefficient (Wildman–Crippen LogP) is 4.50. The molecule has 7 heteroatoms. The SMILES string of the molecule is CC(=O)c1ccccc1NC(=O)[C@@H](C)Sc1ncnc2sc3c(c12)CCC3. The Morgan fingerprint density at radius 3 is 2.85 bits per heavy atom. The summed E-state index contributed by atoms with van der Waals surface area (Å²) in [7, 11) is 0. The monoisotopic (exact) mass is 397 g/mol. The molecule has 27 heavy (non-hydrogen) atoms. The third kappa shape index (κ3) is 3.49. The van der Waals surface area contributed by atoms with Gasteiger partial charge in [0.2, 0.25) is 5.91 Å². The van der Waals surface area contributed by atoms with Gasteiger partial charge in [0.1, 0.15) is 16.2 Å². The number of ketones is 1. The molecule has 0 bridgehead atoms. The third-order valence-electron chi connectivity index (χ3n) is 4.69. The van der Waals surface area contributed by atoms with Gasteiger partial charge in [0, 0.05) is 15.8 Å². The maximum atomic E-state index is 12.7. The molecule has 0 radical (unpaired) electrons. The number of para-hydroxylation sites is 1. The molecule has 0 unspecified atom stereocenters. The average molecular weight is 398 g/mol. The summed E-state index contributed by atoms with van der Waals surface area (Å²) in [6.07, 6.45) is 4.92. The summed E-state index contributed by atoms with van der Waals surface area (Å²) in [5.41, 5.74) is 2.42. The molecule has 0 saturated heterocycles. The van der Waals surface area contributed by atoms with Crippen LogP contribution >= 0.6 is 23.1 Å². The van der Waals surface area contributed by atoms with E-state index < -0.39 is 0 Å². The second kappa shape index (κ2) is 7.40. The molecule has 2 aromatic heterocycles. The molecule has 1 atom stereocenters. The molecule has 138 valence electrons. The molecule has 1 aliphatic carbocycles. The van der Waals surface area contributed by atoms with Crippen LogP contribution in [0.3, 0.4) is 0 Å². The molecule has 0 fully saturated rings. The lowest BCUT2D eigenvalue weighted by Crippen LogP contribution is -2.23. The van der Waals surface area contributed by atoms with Crippen molar-refractivity contribution in [3.8, 4) is 0 Å². The number of nitrogens with one attached hydrogen (secondary N) is 1. The molecule has 1 N–H and O–H groups in total. The Kier molecular flexibility index (Phi) is 4.97. The summed E-state index contributed by atoms with van der Waals surface area (Å²) in [4.78, 5) is 35.8. The standard InChI is InChI=1S/C20H19N3O2S2/c1-11(24)13-6-3-4-8-15(13)23-18(25)12(2)26-19-17-14-7-5-9-16(14)27-20(17)22-10-21-19/h3-4,6,8,10,12H,5,7,9H2,1-2H3,(H,23,25)/t12-/m1/s1. The van der Waals surface area contributed by atoms with Gasteiger partial charge in [-0.25, -0.2) is 9.97 Å². The van der Waals surface area contributed by atoms with E-state index >= 15 is 0 Å². The number of thiophene rings is 1. The van der Waals surface area contributed by atoms with Crippen LogP contribution in [0.1, 0.15) is 41.1 Å². The number of hydrogen-bond acceptors (Lipinski definition) is 6. The van der Waals surface area contributed by atoms with Gasteiger partial charge in [-0.3, -0.25) is 9.59 Å². The zero-order chi connectivity index (χ0) is 19.0. The smallest absolute Gasteiger partial charge is 0.237 e. The number of fused-ring (bicyclic) bond motifs is 3. The Bertz CT molecular complexity index is 1040. The highest BCUT2D eigenvalue weighted by Gasteiger charge is 2.24. The topological polar surface area (TPSA) is 72.0 Å². The van der Waals surface area contributed by atoms with Crippen LogP contribution in [0.4, 0.5) is 5.69 Å². The third-order valence-corrected chi connectivity index (χ3v) is 6.99. The van der Waals surface area contributed by atoms with Gasteiger partial charge in [0.25, 0.3) is 0 Å². The van der Waals surface area contributed by atoms with Crippen molar-refractivity contribution in [1.82, 2.24) is 9.97 Å². The van der Waals surface area contributed by atoms with E-state index in [1.807, 2.05) is 13.0 Å². The molecule has 0 spiro atoms. The number of nitrogens with zero attached hydrogens (tertiary/aromatic N) is 2. The molecule has 2 heterocycles. The summed E-state index contributed by atoms with van der Waals surface area (Å²) in [6, 6.07) is 7.07. The molecule has 5 nitrogen and oxygen atoms in total. The molecular weight excluding hydrogens is 378 g/mol. The van der Waals surface area contributed by atoms with Crippen LogP contribution in [0, 0.1) is 0 Å². The maximum absolute atomic E-state index is 12.7. The van der Waals surface area contributed by atoms with Gasteiger partial charge >= 0.3 is 0 Å². The number of rotatable bonds is 5. The number of hydrogen-bond donors (Lipinski definition) is 1. The van der Waals surface area contributed by atoms with E-state index in [1.165, 1.54) is 35.5 Å². The summed E-state index contributed by atoms with van der Waals surface area (Å²) in [5, 5.41) is 4.52. The van der Waals surface area contributed by atoms with Gasteiger partial charge in [0.05, 0.1) is 10.9 Å². The zero-order valence-corrected chi connectivity index (χ0v) is 16.7. The van der Waals surface area contributed by atoms with Crippen molar-refractivity contribution in [3.05, 3.63) is 46.6 Å². The van der Waals surface area contributed by atoms with Crippen molar-refractivity contribution in [2.45, 2.75) is 43.4 Å². The Morgan fingerprint density at radius 2 is 2.04 bits per heavy atom. The van der Waals surface area contributed by atoms with Gasteiger partial charge in [0.15, 0.2) is 5.78 Å². The largest absolute Gasteiger partial charge is 0.324 e. The van der Waals surface area contributed by atoms with Crippen LogP contribution in [0.2, 0.25) is 0 Å². The Hall–Kier alpha value is -2.25. The highest BCUT2D eigenvalue weighted by atomic mass is 32.2. The van der Waals surface area contributed by atoms with Crippen molar-refractivity contribution in [1.29, 1.82) is 0 Å². The molecule has 0 saturated carbocycles. The number of Topliss-reactive ketones (excluding diaryl/α,β-unsaturated/α-hetero) is 1. The minimum absolute atomic E-state index is 0.0717. The molecule has 1 amide bonds. The highest BCUT2D eigenvalue weighted by Crippen LogP contribution is 2.40. The molecule has 1 aromatic carbocycles. The van der Waals surface area contributed by atoms with E-state index in [2.05, 4.69) is 15.3 Å². The van der Waals surface area contributed by atoms with E-state index in [1.54, 1.807) is 35.9 Å². The predicted molar refractivity (Wildman–Crippen MR) is 110 cm³/mol. The van der Waals surface area contributed by atoms with Crippen molar-refractivity contribution in [3.63, 3.8) is 0 Å². The lowest BCUT2D eigenvalue weighted by Gasteiger charge is -2.14. The Morgan fingerprint density at radius 1 is 1.22 bits per heavy atom. The Labute approximate surface area is 165 Å². The zero-order valence-electron chi connectivity index (χ0n) is 15.1. The number of thioether (sulfide) groups is 1. The normalized spacial score (nSPS) is 14.1. The molecular formula is C20H19N3O2S2. The fourth-order valence-corrected chi connectivity index (χ4v) is 5.58. The number of benzene rings is 1. The number of anilines is 1. The second-order valence-corrected chi connectivity index (χ2v) is 8.98. The molecule has 3 aromatic rings. The Balaban J connectivity index is 1.56. The van der Waals surface area contributed by atoms with E-state index in [0.717, 1.165) is 28.1 Å². The van der Waals surface area contributed by atoms with Crippen LogP contribution < -0.4 is 5.32 Å². The van der Waals surface area contributed by atoms with E-state index in [9.17, 15) is 9.59 Å². The summed E-state index contributed by atoms with van der Waals surface area (Å²) in [6.45, 7) is 3.36. The van der Waals surface area contributed by atoms with Crippen LogP contribution in [0.15, 0.2) is 35.6 Å². The summed E-state index contributed by atoms with van der Waals surface area (Å²) < 4.78 is 0. The first kappa shape index (κ1) is 18.1. The van der Waals surface area contributed by atoms with Crippen LogP contribution in [-0.2, 0) is 17.6 Å². The summed E-state index contributed by atoms with van der Waals surface area (Å²) in [5.74, 6) is -0.218. The van der Waals surface area contributed by atoms with Crippen molar-refractivity contribution < 1.29 is 9.59 Å². The van der Waals surface area contributed by atoms with Gasteiger partial charge in [-0.15, -0.1) is 11.3 Å². The van der Waals surface area contributed by atoms with Crippen LogP contribution in [0.25, 0.3) is 10.2 Å². The number of aromatic nitrogens is 2. The number of carbonyl (C=O) groups excluding carboxylic acids is 2. The van der Waals surface area contributed by atoms with E-state index in [-0.39, 0.29) is 16.9 Å². The lowest BCUT2D eigenvalue weighted by molar-refractivity contribution is -0.115. The first-order valence-corrected chi connectivity index (χ1v) is 10.6. The minimum Gasteiger partial charge on any atom is -0.324 e. The second-order valence-electron chi connectivity index (χ2n) is 6.57. The van der Waals surface area contributed by atoms with Gasteiger partial charge in [-0.05, 0) is 50.8 Å². The maximum Gasteiger partial charge on any atom is 0.237 e. The average Bonchev–Trinajstić information content (AvgIpc) is 3.23. The van der Waals surface area contributed by atoms with E-state index in [4.69, 9.17) is 0 Å². The highest BCUT2D eigenvalue weighted by molar-refractivity contribution is 8.00. The van der Waals surface area contributed by atoms with Crippen LogP contribution in [0.5, 0.6) is 0 Å².